The molecular weight excluding hydrogens is 168 g/mol. The number of aromatic nitrogens is 2. The molecule has 1 aromatic rings. The van der Waals surface area contributed by atoms with Gasteiger partial charge in [-0.1, -0.05) is 6.92 Å². The van der Waals surface area contributed by atoms with E-state index in [1.807, 2.05) is 6.92 Å². The molecule has 0 amide bonds. The predicted molar refractivity (Wildman–Crippen MR) is 47.7 cm³/mol. The van der Waals surface area contributed by atoms with Crippen molar-refractivity contribution in [2.24, 2.45) is 0 Å². The van der Waals surface area contributed by atoms with Gasteiger partial charge in [0.2, 0.25) is 0 Å². The van der Waals surface area contributed by atoms with E-state index >= 15 is 0 Å². The molecule has 1 aromatic heterocycles. The van der Waals surface area contributed by atoms with Gasteiger partial charge in [-0.25, -0.2) is 14.8 Å². The zero-order valence-corrected chi connectivity index (χ0v) is 7.74. The van der Waals surface area contributed by atoms with Crippen molar-refractivity contribution < 1.29 is 9.90 Å². The molecule has 0 unspecified atom stereocenters. The SMILES string of the molecule is CCCc1nc(C)cc(C(=O)O)n1. The van der Waals surface area contributed by atoms with Crippen molar-refractivity contribution in [3.05, 3.63) is 23.3 Å². The second kappa shape index (κ2) is 3.98. The van der Waals surface area contributed by atoms with Crippen LogP contribution in [0.1, 0.15) is 35.4 Å². The Bertz CT molecular complexity index is 323. The van der Waals surface area contributed by atoms with E-state index in [2.05, 4.69) is 9.97 Å². The van der Waals surface area contributed by atoms with E-state index in [9.17, 15) is 4.79 Å². The number of aryl methyl sites for hydroxylation is 2. The number of rotatable bonds is 3. The van der Waals surface area contributed by atoms with Crippen LogP contribution in [0, 0.1) is 6.92 Å². The van der Waals surface area contributed by atoms with Crippen LogP contribution in [-0.2, 0) is 6.42 Å². The molecule has 0 atom stereocenters. The van der Waals surface area contributed by atoms with Gasteiger partial charge in [-0.2, -0.15) is 0 Å². The van der Waals surface area contributed by atoms with E-state index < -0.39 is 5.97 Å². The summed E-state index contributed by atoms with van der Waals surface area (Å²) in [4.78, 5) is 18.7. The number of hydrogen-bond acceptors (Lipinski definition) is 3. The number of nitrogens with zero attached hydrogens (tertiary/aromatic N) is 2. The maximum absolute atomic E-state index is 10.6. The summed E-state index contributed by atoms with van der Waals surface area (Å²) in [5, 5.41) is 8.71. The van der Waals surface area contributed by atoms with Gasteiger partial charge in [0, 0.05) is 12.1 Å². The Morgan fingerprint density at radius 2 is 2.23 bits per heavy atom. The summed E-state index contributed by atoms with van der Waals surface area (Å²) in [6.07, 6.45) is 1.64. The molecule has 1 N–H and O–H groups in total. The van der Waals surface area contributed by atoms with Gasteiger partial charge in [0.25, 0.3) is 0 Å². The Labute approximate surface area is 76.7 Å². The topological polar surface area (TPSA) is 63.1 Å². The van der Waals surface area contributed by atoms with E-state index in [0.29, 0.717) is 11.5 Å². The molecule has 0 spiro atoms. The molecule has 0 aliphatic rings. The number of aromatic carboxylic acids is 1. The van der Waals surface area contributed by atoms with Crippen LogP contribution in [0.15, 0.2) is 6.07 Å². The number of hydrogen-bond donors (Lipinski definition) is 1. The van der Waals surface area contributed by atoms with Crippen molar-refractivity contribution in [3.8, 4) is 0 Å². The highest BCUT2D eigenvalue weighted by Crippen LogP contribution is 2.02. The summed E-state index contributed by atoms with van der Waals surface area (Å²) in [5.74, 6) is -0.386. The minimum Gasteiger partial charge on any atom is -0.477 e. The zero-order valence-electron chi connectivity index (χ0n) is 7.74. The first-order chi connectivity index (χ1) is 6.13. The molecule has 0 saturated carbocycles. The Morgan fingerprint density at radius 3 is 2.77 bits per heavy atom. The lowest BCUT2D eigenvalue weighted by Crippen LogP contribution is -2.06. The van der Waals surface area contributed by atoms with Gasteiger partial charge in [0.05, 0.1) is 0 Å². The Morgan fingerprint density at radius 1 is 1.54 bits per heavy atom. The fourth-order valence-corrected chi connectivity index (χ4v) is 1.07. The third-order valence-corrected chi connectivity index (χ3v) is 1.59. The van der Waals surface area contributed by atoms with Crippen LogP contribution in [-0.4, -0.2) is 21.0 Å². The molecule has 0 aliphatic carbocycles. The first-order valence-corrected chi connectivity index (χ1v) is 4.21. The molecule has 0 aliphatic heterocycles. The van der Waals surface area contributed by atoms with E-state index in [1.165, 1.54) is 6.07 Å². The Kier molecular flexibility index (Phi) is 2.95. The Balaban J connectivity index is 3.03. The first-order valence-electron chi connectivity index (χ1n) is 4.21. The van der Waals surface area contributed by atoms with Gasteiger partial charge in [0.15, 0.2) is 5.69 Å². The van der Waals surface area contributed by atoms with Crippen molar-refractivity contribution >= 4 is 5.97 Å². The van der Waals surface area contributed by atoms with E-state index in [-0.39, 0.29) is 5.69 Å². The van der Waals surface area contributed by atoms with Crippen molar-refractivity contribution in [3.63, 3.8) is 0 Å². The summed E-state index contributed by atoms with van der Waals surface area (Å²) in [6.45, 7) is 3.78. The number of carboxylic acid groups (broad SMARTS) is 1. The molecule has 4 nitrogen and oxygen atoms in total. The van der Waals surface area contributed by atoms with Crippen molar-refractivity contribution in [1.29, 1.82) is 0 Å². The lowest BCUT2D eigenvalue weighted by Gasteiger charge is -2.00. The molecule has 1 rings (SSSR count). The highest BCUT2D eigenvalue weighted by Gasteiger charge is 2.07. The Hall–Kier alpha value is -1.45. The molecule has 0 fully saturated rings. The van der Waals surface area contributed by atoms with E-state index in [0.717, 1.165) is 12.8 Å². The molecular formula is C9H12N2O2. The van der Waals surface area contributed by atoms with Gasteiger partial charge in [-0.05, 0) is 19.4 Å². The van der Waals surface area contributed by atoms with Crippen LogP contribution in [0.25, 0.3) is 0 Å². The lowest BCUT2D eigenvalue weighted by molar-refractivity contribution is 0.0689. The minimum atomic E-state index is -0.997. The molecule has 0 radical (unpaired) electrons. The van der Waals surface area contributed by atoms with Crippen LogP contribution < -0.4 is 0 Å². The largest absolute Gasteiger partial charge is 0.477 e. The third kappa shape index (κ3) is 2.50. The molecule has 4 heteroatoms. The fraction of sp³-hybridized carbons (Fsp3) is 0.444. The highest BCUT2D eigenvalue weighted by atomic mass is 16.4. The summed E-state index contributed by atoms with van der Waals surface area (Å²) >= 11 is 0. The van der Waals surface area contributed by atoms with Crippen molar-refractivity contribution in [2.75, 3.05) is 0 Å². The van der Waals surface area contributed by atoms with Crippen LogP contribution in [0.3, 0.4) is 0 Å². The number of carboxylic acids is 1. The van der Waals surface area contributed by atoms with Crippen molar-refractivity contribution in [2.45, 2.75) is 26.7 Å². The highest BCUT2D eigenvalue weighted by molar-refractivity contribution is 5.85. The van der Waals surface area contributed by atoms with E-state index in [4.69, 9.17) is 5.11 Å². The maximum Gasteiger partial charge on any atom is 0.354 e. The smallest absolute Gasteiger partial charge is 0.354 e. The molecule has 1 heterocycles. The second-order valence-corrected chi connectivity index (χ2v) is 2.87. The van der Waals surface area contributed by atoms with Crippen LogP contribution in [0.2, 0.25) is 0 Å². The van der Waals surface area contributed by atoms with Crippen LogP contribution in [0.5, 0.6) is 0 Å². The molecule has 70 valence electrons. The first kappa shape index (κ1) is 9.64. The minimum absolute atomic E-state index is 0.0796. The maximum atomic E-state index is 10.6. The van der Waals surface area contributed by atoms with Gasteiger partial charge in [-0.15, -0.1) is 0 Å². The van der Waals surface area contributed by atoms with Gasteiger partial charge in [0.1, 0.15) is 5.82 Å². The molecule has 13 heavy (non-hydrogen) atoms. The zero-order chi connectivity index (χ0) is 9.84. The van der Waals surface area contributed by atoms with Crippen LogP contribution >= 0.6 is 0 Å². The van der Waals surface area contributed by atoms with Crippen LogP contribution in [0.4, 0.5) is 0 Å². The van der Waals surface area contributed by atoms with Gasteiger partial charge >= 0.3 is 5.97 Å². The summed E-state index contributed by atoms with van der Waals surface area (Å²) < 4.78 is 0. The molecule has 0 saturated heterocycles. The number of carbonyl (C=O) groups is 1. The van der Waals surface area contributed by atoms with Gasteiger partial charge < -0.3 is 5.11 Å². The predicted octanol–water partition coefficient (Wildman–Crippen LogP) is 1.44. The average molecular weight is 180 g/mol. The summed E-state index contributed by atoms with van der Waals surface area (Å²) in [7, 11) is 0. The standard InChI is InChI=1S/C9H12N2O2/c1-3-4-8-10-6(2)5-7(11-8)9(12)13/h5H,3-4H2,1-2H3,(H,12,13). The van der Waals surface area contributed by atoms with E-state index in [1.54, 1.807) is 6.92 Å². The lowest BCUT2D eigenvalue weighted by atomic mass is 10.3. The monoisotopic (exact) mass is 180 g/mol. The summed E-state index contributed by atoms with van der Waals surface area (Å²) in [6, 6.07) is 1.47. The van der Waals surface area contributed by atoms with Gasteiger partial charge in [-0.3, -0.25) is 0 Å². The third-order valence-electron chi connectivity index (χ3n) is 1.59. The quantitative estimate of drug-likeness (QED) is 0.764. The second-order valence-electron chi connectivity index (χ2n) is 2.87. The normalized spacial score (nSPS) is 10.0. The molecule has 0 bridgehead atoms. The average Bonchev–Trinajstić information content (AvgIpc) is 2.03. The van der Waals surface area contributed by atoms with Crippen molar-refractivity contribution in [1.82, 2.24) is 9.97 Å². The summed E-state index contributed by atoms with van der Waals surface area (Å²) in [5.41, 5.74) is 0.784. The molecule has 0 aromatic carbocycles. The fourth-order valence-electron chi connectivity index (χ4n) is 1.07.